The maximum Gasteiger partial charge on any atom is 0.234 e. The molecule has 36 heavy (non-hydrogen) atoms. The molecular formula is C28H24N4O3S. The van der Waals surface area contributed by atoms with Crippen molar-refractivity contribution in [2.45, 2.75) is 11.8 Å². The lowest BCUT2D eigenvalue weighted by Crippen LogP contribution is -2.15. The van der Waals surface area contributed by atoms with Gasteiger partial charge in [-0.2, -0.15) is 0 Å². The lowest BCUT2D eigenvalue weighted by Gasteiger charge is -2.12. The van der Waals surface area contributed by atoms with Gasteiger partial charge in [-0.1, -0.05) is 66.4 Å². The van der Waals surface area contributed by atoms with Crippen molar-refractivity contribution < 1.29 is 14.3 Å². The van der Waals surface area contributed by atoms with Crippen molar-refractivity contribution in [2.24, 2.45) is 0 Å². The number of aromatic nitrogens is 3. The van der Waals surface area contributed by atoms with Gasteiger partial charge in [-0.25, -0.2) is 0 Å². The summed E-state index contributed by atoms with van der Waals surface area (Å²) in [4.78, 5) is 12.8. The van der Waals surface area contributed by atoms with Crippen molar-refractivity contribution >= 4 is 34.1 Å². The number of methoxy groups -OCH3 is 1. The number of hydrogen-bond donors (Lipinski definition) is 1. The van der Waals surface area contributed by atoms with Crippen LogP contribution in [-0.4, -0.2) is 33.5 Å². The second-order valence-corrected chi connectivity index (χ2v) is 8.84. The number of fused-ring (bicyclic) bond motifs is 1. The minimum Gasteiger partial charge on any atom is -0.497 e. The van der Waals surface area contributed by atoms with E-state index in [-0.39, 0.29) is 18.3 Å². The fourth-order valence-corrected chi connectivity index (χ4v) is 4.56. The summed E-state index contributed by atoms with van der Waals surface area (Å²) in [7, 11) is 1.63. The Labute approximate surface area is 213 Å². The molecule has 0 bridgehead atoms. The Morgan fingerprint density at radius 1 is 0.861 bits per heavy atom. The topological polar surface area (TPSA) is 78.3 Å². The number of nitrogens with one attached hydrogen (secondary N) is 1. The molecule has 0 aliphatic heterocycles. The molecule has 0 atom stereocenters. The van der Waals surface area contributed by atoms with E-state index in [1.54, 1.807) is 7.11 Å². The van der Waals surface area contributed by atoms with E-state index in [1.165, 1.54) is 11.8 Å². The monoisotopic (exact) mass is 496 g/mol. The molecule has 0 aliphatic rings. The summed E-state index contributed by atoms with van der Waals surface area (Å²) >= 11 is 1.32. The standard InChI is InChI=1S/C28H24N4O3S/c1-34-22-16-14-21(15-17-22)32-26(18-35-23-10-3-2-4-11-23)30-31-28(32)36-19-27(33)29-25-13-7-9-20-8-5-6-12-24(20)25/h2-17H,18-19H2,1H3,(H,29,33). The zero-order valence-electron chi connectivity index (χ0n) is 19.6. The molecule has 4 aromatic carbocycles. The first-order valence-electron chi connectivity index (χ1n) is 11.4. The molecule has 8 heteroatoms. The van der Waals surface area contributed by atoms with Gasteiger partial charge in [-0.3, -0.25) is 9.36 Å². The van der Waals surface area contributed by atoms with Gasteiger partial charge in [0.05, 0.1) is 12.9 Å². The van der Waals surface area contributed by atoms with E-state index in [0.29, 0.717) is 11.0 Å². The van der Waals surface area contributed by atoms with E-state index in [0.717, 1.165) is 33.6 Å². The Morgan fingerprint density at radius 3 is 2.42 bits per heavy atom. The van der Waals surface area contributed by atoms with Crippen LogP contribution in [0.2, 0.25) is 0 Å². The van der Waals surface area contributed by atoms with Crippen molar-refractivity contribution in [3.63, 3.8) is 0 Å². The quantitative estimate of drug-likeness (QED) is 0.262. The average Bonchev–Trinajstić information content (AvgIpc) is 3.34. The van der Waals surface area contributed by atoms with E-state index < -0.39 is 0 Å². The van der Waals surface area contributed by atoms with Crippen molar-refractivity contribution in [2.75, 3.05) is 18.2 Å². The van der Waals surface area contributed by atoms with Crippen LogP contribution in [0.1, 0.15) is 5.82 Å². The molecule has 0 saturated heterocycles. The summed E-state index contributed by atoms with van der Waals surface area (Å²) in [5.74, 6) is 2.17. The molecule has 0 fully saturated rings. The van der Waals surface area contributed by atoms with Crippen LogP contribution < -0.4 is 14.8 Å². The summed E-state index contributed by atoms with van der Waals surface area (Å²) in [5.41, 5.74) is 1.64. The number of nitrogens with zero attached hydrogens (tertiary/aromatic N) is 3. The smallest absolute Gasteiger partial charge is 0.234 e. The third-order valence-electron chi connectivity index (χ3n) is 5.54. The zero-order chi connectivity index (χ0) is 24.7. The van der Waals surface area contributed by atoms with Gasteiger partial charge in [-0.15, -0.1) is 10.2 Å². The fraction of sp³-hybridized carbons (Fsp3) is 0.107. The van der Waals surface area contributed by atoms with Crippen LogP contribution in [0, 0.1) is 0 Å². The second kappa shape index (κ2) is 11.0. The molecule has 1 N–H and O–H groups in total. The van der Waals surface area contributed by atoms with Crippen molar-refractivity contribution in [3.8, 4) is 17.2 Å². The summed E-state index contributed by atoms with van der Waals surface area (Å²) < 4.78 is 13.1. The Hall–Kier alpha value is -4.30. The third kappa shape index (κ3) is 5.34. The Morgan fingerprint density at radius 2 is 1.61 bits per heavy atom. The van der Waals surface area contributed by atoms with Gasteiger partial charge in [0.2, 0.25) is 5.91 Å². The molecule has 1 heterocycles. The number of para-hydroxylation sites is 1. The Bertz CT molecular complexity index is 1460. The van der Waals surface area contributed by atoms with Gasteiger partial charge in [-0.05, 0) is 47.9 Å². The van der Waals surface area contributed by atoms with E-state index in [9.17, 15) is 4.79 Å². The van der Waals surface area contributed by atoms with Crippen molar-refractivity contribution in [1.82, 2.24) is 14.8 Å². The number of ether oxygens (including phenoxy) is 2. The molecule has 180 valence electrons. The average molecular weight is 497 g/mol. The lowest BCUT2D eigenvalue weighted by molar-refractivity contribution is -0.113. The Balaban J connectivity index is 1.35. The first kappa shape index (κ1) is 23.4. The predicted octanol–water partition coefficient (Wildman–Crippen LogP) is 5.74. The van der Waals surface area contributed by atoms with Gasteiger partial charge in [0.25, 0.3) is 0 Å². The highest BCUT2D eigenvalue weighted by Gasteiger charge is 2.17. The minimum absolute atomic E-state index is 0.122. The summed E-state index contributed by atoms with van der Waals surface area (Å²) in [6, 6.07) is 31.0. The van der Waals surface area contributed by atoms with E-state index in [2.05, 4.69) is 15.5 Å². The molecule has 1 amide bonds. The predicted molar refractivity (Wildman–Crippen MR) is 142 cm³/mol. The minimum atomic E-state index is -0.122. The van der Waals surface area contributed by atoms with E-state index in [4.69, 9.17) is 9.47 Å². The van der Waals surface area contributed by atoms with Gasteiger partial charge in [0.1, 0.15) is 18.1 Å². The molecule has 0 aliphatic carbocycles. The van der Waals surface area contributed by atoms with Gasteiger partial charge < -0.3 is 14.8 Å². The molecule has 0 radical (unpaired) electrons. The molecule has 5 rings (SSSR count). The number of hydrogen-bond acceptors (Lipinski definition) is 6. The third-order valence-corrected chi connectivity index (χ3v) is 6.47. The van der Waals surface area contributed by atoms with Crippen molar-refractivity contribution in [3.05, 3.63) is 103 Å². The van der Waals surface area contributed by atoms with Crippen LogP contribution in [0.25, 0.3) is 16.5 Å². The molecule has 5 aromatic rings. The number of carbonyl (C=O) groups excluding carboxylic acids is 1. The van der Waals surface area contributed by atoms with Crippen molar-refractivity contribution in [1.29, 1.82) is 0 Å². The summed E-state index contributed by atoms with van der Waals surface area (Å²) in [6.45, 7) is 0.228. The number of anilines is 1. The molecule has 0 spiro atoms. The van der Waals surface area contributed by atoms with E-state index in [1.807, 2.05) is 102 Å². The van der Waals surface area contributed by atoms with Gasteiger partial charge >= 0.3 is 0 Å². The summed E-state index contributed by atoms with van der Waals surface area (Å²) in [5, 5.41) is 14.4. The molecular weight excluding hydrogens is 472 g/mol. The SMILES string of the molecule is COc1ccc(-n2c(COc3ccccc3)nnc2SCC(=O)Nc2cccc3ccccc23)cc1. The maximum absolute atomic E-state index is 12.8. The van der Waals surface area contributed by atoms with Crippen LogP contribution in [0.4, 0.5) is 5.69 Å². The highest BCUT2D eigenvalue weighted by atomic mass is 32.2. The van der Waals surface area contributed by atoms with E-state index >= 15 is 0 Å². The summed E-state index contributed by atoms with van der Waals surface area (Å²) in [6.07, 6.45) is 0. The highest BCUT2D eigenvalue weighted by molar-refractivity contribution is 7.99. The van der Waals surface area contributed by atoms with Crippen LogP contribution >= 0.6 is 11.8 Å². The first-order chi connectivity index (χ1) is 17.7. The van der Waals surface area contributed by atoms with Crippen LogP contribution in [-0.2, 0) is 11.4 Å². The van der Waals surface area contributed by atoms with Crippen LogP contribution in [0.15, 0.2) is 102 Å². The largest absolute Gasteiger partial charge is 0.497 e. The van der Waals surface area contributed by atoms with Gasteiger partial charge in [0.15, 0.2) is 11.0 Å². The fourth-order valence-electron chi connectivity index (χ4n) is 3.79. The zero-order valence-corrected chi connectivity index (χ0v) is 20.4. The molecule has 1 aromatic heterocycles. The lowest BCUT2D eigenvalue weighted by atomic mass is 10.1. The van der Waals surface area contributed by atoms with Crippen LogP contribution in [0.5, 0.6) is 11.5 Å². The number of carbonyl (C=O) groups is 1. The second-order valence-electron chi connectivity index (χ2n) is 7.90. The molecule has 0 saturated carbocycles. The maximum atomic E-state index is 12.8. The van der Waals surface area contributed by atoms with Crippen LogP contribution in [0.3, 0.4) is 0 Å². The Kier molecular flexibility index (Phi) is 7.14. The molecule has 7 nitrogen and oxygen atoms in total. The number of benzene rings is 4. The first-order valence-corrected chi connectivity index (χ1v) is 12.4. The number of rotatable bonds is 9. The molecule has 0 unspecified atom stereocenters. The van der Waals surface area contributed by atoms with Gasteiger partial charge in [0, 0.05) is 16.8 Å². The highest BCUT2D eigenvalue weighted by Crippen LogP contribution is 2.26. The number of amides is 1. The normalized spacial score (nSPS) is 10.8. The number of thioether (sulfide) groups is 1.